The monoisotopic (exact) mass is 279 g/mol. The van der Waals surface area contributed by atoms with Gasteiger partial charge < -0.3 is 14.5 Å². The SMILES string of the molecule is CC1COc2ccc([N+](=O)[O-])cc2N1C(=O)CN(C)C. The lowest BCUT2D eigenvalue weighted by atomic mass is 10.1. The lowest BCUT2D eigenvalue weighted by Gasteiger charge is -2.35. The van der Waals surface area contributed by atoms with E-state index in [0.717, 1.165) is 0 Å². The van der Waals surface area contributed by atoms with Crippen LogP contribution in [0.1, 0.15) is 6.92 Å². The molecule has 1 aliphatic rings. The molecule has 0 spiro atoms. The Labute approximate surface area is 116 Å². The third-order valence-electron chi connectivity index (χ3n) is 3.05. The average molecular weight is 279 g/mol. The Morgan fingerprint density at radius 3 is 2.85 bits per heavy atom. The first kappa shape index (κ1) is 14.3. The minimum Gasteiger partial charge on any atom is -0.489 e. The number of anilines is 1. The highest BCUT2D eigenvalue weighted by molar-refractivity contribution is 5.97. The van der Waals surface area contributed by atoms with Gasteiger partial charge in [-0.15, -0.1) is 0 Å². The number of nitrogens with zero attached hydrogens (tertiary/aromatic N) is 3. The van der Waals surface area contributed by atoms with Crippen LogP contribution in [0.15, 0.2) is 18.2 Å². The molecule has 20 heavy (non-hydrogen) atoms. The highest BCUT2D eigenvalue weighted by Gasteiger charge is 2.31. The van der Waals surface area contributed by atoms with Crippen molar-refractivity contribution in [3.05, 3.63) is 28.3 Å². The molecule has 0 saturated heterocycles. The normalized spacial score (nSPS) is 17.6. The standard InChI is InChI=1S/C13H17N3O4/c1-9-8-20-12-5-4-10(16(18)19)6-11(12)15(9)13(17)7-14(2)3/h4-6,9H,7-8H2,1-3H3. The molecule has 0 aliphatic carbocycles. The van der Waals surface area contributed by atoms with Crippen LogP contribution in [0.2, 0.25) is 0 Å². The first-order chi connectivity index (χ1) is 9.40. The molecule has 1 aromatic rings. The molecule has 0 fully saturated rings. The summed E-state index contributed by atoms with van der Waals surface area (Å²) in [6.45, 7) is 2.48. The van der Waals surface area contributed by atoms with Crippen LogP contribution >= 0.6 is 0 Å². The summed E-state index contributed by atoms with van der Waals surface area (Å²) in [6, 6.07) is 4.15. The number of carbonyl (C=O) groups is 1. The zero-order valence-electron chi connectivity index (χ0n) is 11.7. The number of fused-ring (bicyclic) bond motifs is 1. The highest BCUT2D eigenvalue weighted by Crippen LogP contribution is 2.36. The van der Waals surface area contributed by atoms with Gasteiger partial charge in [0.15, 0.2) is 0 Å². The fourth-order valence-corrected chi connectivity index (χ4v) is 2.18. The Hall–Kier alpha value is -2.15. The average Bonchev–Trinajstić information content (AvgIpc) is 2.36. The Morgan fingerprint density at radius 2 is 2.25 bits per heavy atom. The van der Waals surface area contributed by atoms with Crippen molar-refractivity contribution in [3.8, 4) is 5.75 Å². The molecule has 7 heteroatoms. The lowest BCUT2D eigenvalue weighted by molar-refractivity contribution is -0.384. The van der Waals surface area contributed by atoms with Gasteiger partial charge >= 0.3 is 0 Å². The molecule has 0 N–H and O–H groups in total. The Balaban J connectivity index is 2.41. The van der Waals surface area contributed by atoms with Crippen LogP contribution in [0.25, 0.3) is 0 Å². The predicted octanol–water partition coefficient (Wildman–Crippen LogP) is 1.27. The molecular weight excluding hydrogens is 262 g/mol. The summed E-state index contributed by atoms with van der Waals surface area (Å²) in [5.74, 6) is 0.397. The minimum atomic E-state index is -0.478. The lowest BCUT2D eigenvalue weighted by Crippen LogP contribution is -2.48. The van der Waals surface area contributed by atoms with E-state index < -0.39 is 4.92 Å². The number of nitro benzene ring substituents is 1. The van der Waals surface area contributed by atoms with Crippen LogP contribution in [-0.2, 0) is 4.79 Å². The van der Waals surface area contributed by atoms with Gasteiger partial charge in [0.05, 0.1) is 23.2 Å². The molecule has 1 amide bonds. The van der Waals surface area contributed by atoms with E-state index in [0.29, 0.717) is 18.0 Å². The molecule has 1 heterocycles. The predicted molar refractivity (Wildman–Crippen MR) is 74.1 cm³/mol. The summed E-state index contributed by atoms with van der Waals surface area (Å²) in [5, 5.41) is 10.9. The van der Waals surface area contributed by atoms with Crippen LogP contribution < -0.4 is 9.64 Å². The van der Waals surface area contributed by atoms with Gasteiger partial charge in [0.1, 0.15) is 12.4 Å². The zero-order chi connectivity index (χ0) is 14.9. The molecule has 0 radical (unpaired) electrons. The topological polar surface area (TPSA) is 75.9 Å². The molecule has 1 aliphatic heterocycles. The van der Waals surface area contributed by atoms with Crippen LogP contribution in [0.5, 0.6) is 5.75 Å². The Morgan fingerprint density at radius 1 is 1.55 bits per heavy atom. The van der Waals surface area contributed by atoms with Crippen LogP contribution in [0.3, 0.4) is 0 Å². The molecule has 0 saturated carbocycles. The first-order valence-corrected chi connectivity index (χ1v) is 6.28. The fraction of sp³-hybridized carbons (Fsp3) is 0.462. The van der Waals surface area contributed by atoms with Crippen molar-refractivity contribution in [2.75, 3.05) is 32.1 Å². The maximum Gasteiger partial charge on any atom is 0.271 e. The second kappa shape index (κ2) is 5.46. The van der Waals surface area contributed by atoms with E-state index in [1.165, 1.54) is 18.2 Å². The quantitative estimate of drug-likeness (QED) is 0.615. The van der Waals surface area contributed by atoms with Crippen LogP contribution in [0, 0.1) is 10.1 Å². The summed E-state index contributed by atoms with van der Waals surface area (Å²) in [5.41, 5.74) is 0.411. The van der Waals surface area contributed by atoms with Gasteiger partial charge in [0.25, 0.3) is 5.69 Å². The van der Waals surface area contributed by atoms with Gasteiger partial charge in [-0.3, -0.25) is 14.9 Å². The van der Waals surface area contributed by atoms with Crippen molar-refractivity contribution in [1.29, 1.82) is 0 Å². The van der Waals surface area contributed by atoms with E-state index in [9.17, 15) is 14.9 Å². The van der Waals surface area contributed by atoms with Crippen molar-refractivity contribution >= 4 is 17.3 Å². The van der Waals surface area contributed by atoms with E-state index >= 15 is 0 Å². The van der Waals surface area contributed by atoms with Gasteiger partial charge in [-0.05, 0) is 27.1 Å². The second-order valence-electron chi connectivity index (χ2n) is 5.07. The van der Waals surface area contributed by atoms with Gasteiger partial charge in [-0.1, -0.05) is 0 Å². The number of amides is 1. The molecule has 1 aromatic carbocycles. The molecule has 0 bridgehead atoms. The van der Waals surface area contributed by atoms with Crippen LogP contribution in [0.4, 0.5) is 11.4 Å². The van der Waals surface area contributed by atoms with Crippen molar-refractivity contribution in [3.63, 3.8) is 0 Å². The highest BCUT2D eigenvalue weighted by atomic mass is 16.6. The molecule has 2 rings (SSSR count). The maximum atomic E-state index is 12.3. The number of ether oxygens (including phenoxy) is 1. The minimum absolute atomic E-state index is 0.0518. The number of carbonyl (C=O) groups excluding carboxylic acids is 1. The number of hydrogen-bond donors (Lipinski definition) is 0. The third-order valence-corrected chi connectivity index (χ3v) is 3.05. The van der Waals surface area contributed by atoms with E-state index in [1.54, 1.807) is 23.9 Å². The number of nitro groups is 1. The second-order valence-corrected chi connectivity index (χ2v) is 5.07. The number of benzene rings is 1. The summed E-state index contributed by atoms with van der Waals surface area (Å²) in [4.78, 5) is 26.1. The van der Waals surface area contributed by atoms with Crippen molar-refractivity contribution in [2.45, 2.75) is 13.0 Å². The van der Waals surface area contributed by atoms with Gasteiger partial charge in [0, 0.05) is 12.1 Å². The molecule has 0 aromatic heterocycles. The van der Waals surface area contributed by atoms with E-state index in [-0.39, 0.29) is 24.2 Å². The summed E-state index contributed by atoms with van der Waals surface area (Å²) < 4.78 is 5.53. The van der Waals surface area contributed by atoms with Gasteiger partial charge in [-0.25, -0.2) is 0 Å². The first-order valence-electron chi connectivity index (χ1n) is 6.28. The van der Waals surface area contributed by atoms with Crippen molar-refractivity contribution in [2.24, 2.45) is 0 Å². The molecule has 7 nitrogen and oxygen atoms in total. The molecular formula is C13H17N3O4. The van der Waals surface area contributed by atoms with E-state index in [2.05, 4.69) is 0 Å². The van der Waals surface area contributed by atoms with Crippen molar-refractivity contribution < 1.29 is 14.5 Å². The molecule has 1 unspecified atom stereocenters. The summed E-state index contributed by atoms with van der Waals surface area (Å²) in [7, 11) is 3.61. The number of hydrogen-bond acceptors (Lipinski definition) is 5. The van der Waals surface area contributed by atoms with E-state index in [1.807, 2.05) is 6.92 Å². The summed E-state index contributed by atoms with van der Waals surface area (Å²) in [6.07, 6.45) is 0. The van der Waals surface area contributed by atoms with E-state index in [4.69, 9.17) is 4.74 Å². The molecule has 1 atom stereocenters. The maximum absolute atomic E-state index is 12.3. The Kier molecular flexibility index (Phi) is 3.89. The smallest absolute Gasteiger partial charge is 0.271 e. The van der Waals surface area contributed by atoms with Gasteiger partial charge in [-0.2, -0.15) is 0 Å². The number of likely N-dealkylation sites (N-methyl/N-ethyl adjacent to an activating group) is 1. The number of non-ortho nitro benzene ring substituents is 1. The molecule has 108 valence electrons. The largest absolute Gasteiger partial charge is 0.489 e. The third kappa shape index (κ3) is 2.72. The summed E-state index contributed by atoms with van der Waals surface area (Å²) >= 11 is 0. The van der Waals surface area contributed by atoms with Crippen LogP contribution in [-0.4, -0.2) is 49.0 Å². The number of rotatable bonds is 3. The van der Waals surface area contributed by atoms with Crippen molar-refractivity contribution in [1.82, 2.24) is 4.90 Å². The Bertz CT molecular complexity index is 544. The zero-order valence-corrected chi connectivity index (χ0v) is 11.7. The fourth-order valence-electron chi connectivity index (χ4n) is 2.18. The van der Waals surface area contributed by atoms with Gasteiger partial charge in [0.2, 0.25) is 5.91 Å².